The summed E-state index contributed by atoms with van der Waals surface area (Å²) < 4.78 is 5.47. The summed E-state index contributed by atoms with van der Waals surface area (Å²) in [5.74, 6) is 0.0486. The Balaban J connectivity index is 1.57. The molecule has 2 amide bonds. The van der Waals surface area contributed by atoms with Gasteiger partial charge in [-0.05, 0) is 44.2 Å². The van der Waals surface area contributed by atoms with Gasteiger partial charge in [-0.15, -0.1) is 11.3 Å². The van der Waals surface area contributed by atoms with E-state index >= 15 is 0 Å². The largest absolute Gasteiger partial charge is 0.479 e. The maximum absolute atomic E-state index is 12.1. The Bertz CT molecular complexity index is 843. The average molecular weight is 358 g/mol. The molecule has 1 atom stereocenters. The average Bonchev–Trinajstić information content (AvgIpc) is 3.00. The standard InChI is InChI=1S/C18H18N2O4S/c1-10-3-7-16(25-10)14(21)5-8-17(22)19-12-4-6-15-13(9-12)20-18(23)11(2)24-15/h3-4,6-7,9,11H,5,8H2,1-2H3,(H,19,22)(H,20,23). The Morgan fingerprint density at radius 1 is 1.24 bits per heavy atom. The predicted octanol–water partition coefficient (Wildman–Crippen LogP) is 3.38. The summed E-state index contributed by atoms with van der Waals surface area (Å²) >= 11 is 1.43. The number of rotatable bonds is 5. The molecule has 7 heteroatoms. The van der Waals surface area contributed by atoms with Gasteiger partial charge >= 0.3 is 0 Å². The van der Waals surface area contributed by atoms with E-state index in [-0.39, 0.29) is 30.4 Å². The molecule has 6 nitrogen and oxygen atoms in total. The molecule has 2 heterocycles. The highest BCUT2D eigenvalue weighted by Gasteiger charge is 2.23. The van der Waals surface area contributed by atoms with E-state index in [9.17, 15) is 14.4 Å². The van der Waals surface area contributed by atoms with Crippen molar-refractivity contribution in [3.63, 3.8) is 0 Å². The minimum atomic E-state index is -0.542. The van der Waals surface area contributed by atoms with Crippen LogP contribution < -0.4 is 15.4 Å². The van der Waals surface area contributed by atoms with E-state index in [1.54, 1.807) is 31.2 Å². The molecule has 0 bridgehead atoms. The van der Waals surface area contributed by atoms with E-state index in [1.165, 1.54) is 11.3 Å². The van der Waals surface area contributed by atoms with Gasteiger partial charge in [0.15, 0.2) is 11.9 Å². The highest BCUT2D eigenvalue weighted by molar-refractivity contribution is 7.14. The molecule has 0 saturated heterocycles. The van der Waals surface area contributed by atoms with Crippen LogP contribution in [0, 0.1) is 6.92 Å². The zero-order chi connectivity index (χ0) is 18.0. The molecule has 3 rings (SSSR count). The van der Waals surface area contributed by atoms with Crippen LogP contribution in [0.5, 0.6) is 5.75 Å². The van der Waals surface area contributed by atoms with Crippen LogP contribution in [-0.4, -0.2) is 23.7 Å². The predicted molar refractivity (Wildman–Crippen MR) is 96.4 cm³/mol. The number of fused-ring (bicyclic) bond motifs is 1. The first-order valence-corrected chi connectivity index (χ1v) is 8.75. The molecule has 2 aromatic rings. The third-order valence-corrected chi connectivity index (χ3v) is 4.83. The summed E-state index contributed by atoms with van der Waals surface area (Å²) in [6.07, 6.45) is -0.277. The number of nitrogens with one attached hydrogen (secondary N) is 2. The van der Waals surface area contributed by atoms with E-state index in [2.05, 4.69) is 10.6 Å². The lowest BCUT2D eigenvalue weighted by Crippen LogP contribution is -2.34. The van der Waals surface area contributed by atoms with E-state index < -0.39 is 6.10 Å². The topological polar surface area (TPSA) is 84.5 Å². The molecular weight excluding hydrogens is 340 g/mol. The summed E-state index contributed by atoms with van der Waals surface area (Å²) in [5, 5.41) is 5.46. The van der Waals surface area contributed by atoms with Crippen molar-refractivity contribution in [1.82, 2.24) is 0 Å². The molecule has 1 aromatic heterocycles. The van der Waals surface area contributed by atoms with Crippen LogP contribution in [-0.2, 0) is 9.59 Å². The number of anilines is 2. The zero-order valence-electron chi connectivity index (χ0n) is 13.9. The third-order valence-electron chi connectivity index (χ3n) is 3.79. The number of ketones is 1. The number of Topliss-reactive ketones (excluding diaryl/α,β-unsaturated/α-hetero) is 1. The number of hydrogen-bond acceptors (Lipinski definition) is 5. The van der Waals surface area contributed by atoms with Gasteiger partial charge in [-0.25, -0.2) is 0 Å². The fourth-order valence-electron chi connectivity index (χ4n) is 2.44. The normalized spacial score (nSPS) is 15.8. The zero-order valence-corrected chi connectivity index (χ0v) is 14.7. The van der Waals surface area contributed by atoms with Crippen LogP contribution in [0.15, 0.2) is 30.3 Å². The molecule has 0 aliphatic carbocycles. The Hall–Kier alpha value is -2.67. The molecule has 1 aliphatic rings. The van der Waals surface area contributed by atoms with Crippen LogP contribution in [0.4, 0.5) is 11.4 Å². The molecule has 0 radical (unpaired) electrons. The first kappa shape index (κ1) is 17.2. The van der Waals surface area contributed by atoms with Crippen molar-refractivity contribution in [2.45, 2.75) is 32.8 Å². The highest BCUT2D eigenvalue weighted by Crippen LogP contribution is 2.32. The van der Waals surface area contributed by atoms with Crippen LogP contribution in [0.3, 0.4) is 0 Å². The quantitative estimate of drug-likeness (QED) is 0.803. The second-order valence-corrected chi connectivity index (χ2v) is 7.13. The number of ether oxygens (including phenoxy) is 1. The van der Waals surface area contributed by atoms with Crippen LogP contribution in [0.1, 0.15) is 34.3 Å². The van der Waals surface area contributed by atoms with Crippen LogP contribution >= 0.6 is 11.3 Å². The lowest BCUT2D eigenvalue weighted by molar-refractivity contribution is -0.122. The maximum Gasteiger partial charge on any atom is 0.265 e. The monoisotopic (exact) mass is 358 g/mol. The number of carbonyl (C=O) groups is 3. The molecule has 0 spiro atoms. The molecule has 0 fully saturated rings. The first-order valence-electron chi connectivity index (χ1n) is 7.93. The second kappa shape index (κ2) is 7.06. The minimum Gasteiger partial charge on any atom is -0.479 e. The second-order valence-electron chi connectivity index (χ2n) is 5.84. The summed E-state index contributed by atoms with van der Waals surface area (Å²) in [5.41, 5.74) is 1.06. The number of amides is 2. The van der Waals surface area contributed by atoms with Crippen molar-refractivity contribution >= 4 is 40.3 Å². The Kier molecular flexibility index (Phi) is 4.85. The van der Waals surface area contributed by atoms with Crippen molar-refractivity contribution in [2.24, 2.45) is 0 Å². The molecule has 0 saturated carbocycles. The van der Waals surface area contributed by atoms with Gasteiger partial charge in [0, 0.05) is 23.4 Å². The van der Waals surface area contributed by atoms with Gasteiger partial charge in [0.25, 0.3) is 5.91 Å². The number of thiophene rings is 1. The fraction of sp³-hybridized carbons (Fsp3) is 0.278. The van der Waals surface area contributed by atoms with Gasteiger partial charge < -0.3 is 15.4 Å². The summed E-state index contributed by atoms with van der Waals surface area (Å²) in [6, 6.07) is 8.71. The van der Waals surface area contributed by atoms with Crippen LogP contribution in [0.2, 0.25) is 0 Å². The summed E-state index contributed by atoms with van der Waals surface area (Å²) in [6.45, 7) is 3.60. The van der Waals surface area contributed by atoms with Crippen molar-refractivity contribution in [3.05, 3.63) is 40.1 Å². The van der Waals surface area contributed by atoms with Crippen molar-refractivity contribution in [2.75, 3.05) is 10.6 Å². The molecular formula is C18H18N2O4S. The smallest absolute Gasteiger partial charge is 0.265 e. The molecule has 2 N–H and O–H groups in total. The van der Waals surface area contributed by atoms with Crippen molar-refractivity contribution in [3.8, 4) is 5.75 Å². The van der Waals surface area contributed by atoms with Crippen LogP contribution in [0.25, 0.3) is 0 Å². The van der Waals surface area contributed by atoms with E-state index in [1.807, 2.05) is 13.0 Å². The highest BCUT2D eigenvalue weighted by atomic mass is 32.1. The van der Waals surface area contributed by atoms with Gasteiger partial charge in [-0.1, -0.05) is 0 Å². The Morgan fingerprint density at radius 3 is 2.76 bits per heavy atom. The van der Waals surface area contributed by atoms with Gasteiger partial charge in [-0.2, -0.15) is 0 Å². The summed E-state index contributed by atoms with van der Waals surface area (Å²) in [7, 11) is 0. The Morgan fingerprint density at radius 2 is 2.04 bits per heavy atom. The number of aryl methyl sites for hydroxylation is 1. The SMILES string of the molecule is Cc1ccc(C(=O)CCC(=O)Nc2ccc3c(c2)NC(=O)C(C)O3)s1. The number of carbonyl (C=O) groups excluding carboxylic acids is 3. The number of benzene rings is 1. The first-order chi connectivity index (χ1) is 11.9. The lowest BCUT2D eigenvalue weighted by atomic mass is 10.1. The minimum absolute atomic E-state index is 0.0339. The fourth-order valence-corrected chi connectivity index (χ4v) is 3.28. The maximum atomic E-state index is 12.1. The molecule has 1 unspecified atom stereocenters. The summed E-state index contributed by atoms with van der Waals surface area (Å²) in [4.78, 5) is 37.5. The van der Waals surface area contributed by atoms with Gasteiger partial charge in [-0.3, -0.25) is 14.4 Å². The van der Waals surface area contributed by atoms with E-state index in [4.69, 9.17) is 4.74 Å². The lowest BCUT2D eigenvalue weighted by Gasteiger charge is -2.23. The number of hydrogen-bond donors (Lipinski definition) is 2. The molecule has 25 heavy (non-hydrogen) atoms. The molecule has 1 aromatic carbocycles. The van der Waals surface area contributed by atoms with Crippen molar-refractivity contribution in [1.29, 1.82) is 0 Å². The Labute approximate surface area is 149 Å². The van der Waals surface area contributed by atoms with Gasteiger partial charge in [0.05, 0.1) is 10.6 Å². The van der Waals surface area contributed by atoms with E-state index in [0.717, 1.165) is 4.88 Å². The molecule has 130 valence electrons. The van der Waals surface area contributed by atoms with Gasteiger partial charge in [0.2, 0.25) is 5.91 Å². The van der Waals surface area contributed by atoms with E-state index in [0.29, 0.717) is 22.0 Å². The molecule has 1 aliphatic heterocycles. The third kappa shape index (κ3) is 4.06. The van der Waals surface area contributed by atoms with Crippen molar-refractivity contribution < 1.29 is 19.1 Å². The van der Waals surface area contributed by atoms with Gasteiger partial charge in [0.1, 0.15) is 5.75 Å².